The van der Waals surface area contributed by atoms with Crippen LogP contribution in [0.2, 0.25) is 0 Å². The number of rotatable bonds is 5. The number of halogens is 1. The molecule has 2 heterocycles. The van der Waals surface area contributed by atoms with Crippen LogP contribution in [0.3, 0.4) is 0 Å². The Morgan fingerprint density at radius 1 is 0.958 bits per heavy atom. The van der Waals surface area contributed by atoms with Crippen molar-refractivity contribution in [1.82, 2.24) is 15.0 Å². The van der Waals surface area contributed by atoms with Crippen molar-refractivity contribution in [2.75, 3.05) is 10.6 Å². The lowest BCUT2D eigenvalue weighted by atomic mass is 10.2. The molecule has 5 nitrogen and oxygen atoms in total. The highest BCUT2D eigenvalue weighted by Gasteiger charge is 2.05. The number of pyridine rings is 1. The molecule has 0 aliphatic rings. The van der Waals surface area contributed by atoms with E-state index in [2.05, 4.69) is 60.6 Å². The van der Waals surface area contributed by atoms with Crippen molar-refractivity contribution >= 4 is 33.3 Å². The summed E-state index contributed by atoms with van der Waals surface area (Å²) in [5, 5.41) is 6.65. The van der Waals surface area contributed by atoms with Crippen LogP contribution in [0, 0.1) is 13.8 Å². The normalized spacial score (nSPS) is 10.5. The van der Waals surface area contributed by atoms with Crippen LogP contribution in [0.5, 0.6) is 0 Å². The van der Waals surface area contributed by atoms with E-state index < -0.39 is 0 Å². The second-order valence-electron chi connectivity index (χ2n) is 5.50. The van der Waals surface area contributed by atoms with Gasteiger partial charge in [0.05, 0.1) is 5.69 Å². The molecular formula is C18H18BrN5. The van der Waals surface area contributed by atoms with Gasteiger partial charge in [0.1, 0.15) is 17.5 Å². The Hall–Kier alpha value is -2.47. The molecule has 0 aliphatic carbocycles. The average molecular weight is 384 g/mol. The number of hydrogen-bond donors (Lipinski definition) is 2. The van der Waals surface area contributed by atoms with E-state index in [1.54, 1.807) is 12.4 Å². The van der Waals surface area contributed by atoms with E-state index in [4.69, 9.17) is 0 Å². The Morgan fingerprint density at radius 3 is 2.46 bits per heavy atom. The minimum atomic E-state index is 0.687. The van der Waals surface area contributed by atoms with E-state index in [-0.39, 0.29) is 0 Å². The van der Waals surface area contributed by atoms with Crippen LogP contribution < -0.4 is 10.6 Å². The third-order valence-electron chi connectivity index (χ3n) is 3.45. The zero-order chi connectivity index (χ0) is 16.9. The summed E-state index contributed by atoms with van der Waals surface area (Å²) >= 11 is 3.58. The number of nitrogens with one attached hydrogen (secondary N) is 2. The predicted octanol–water partition coefficient (Wildman–Crippen LogP) is 4.61. The first-order valence-corrected chi connectivity index (χ1v) is 8.41. The van der Waals surface area contributed by atoms with Crippen LogP contribution in [0.4, 0.5) is 17.3 Å². The number of nitrogens with zero attached hydrogens (tertiary/aromatic N) is 3. The standard InChI is InChI=1S/C18H18BrN5/c1-12-3-4-16(15(19)9-12)24-18-10-17(22-13(2)23-18)21-11-14-5-7-20-8-6-14/h3-10H,11H2,1-2H3,(H2,21,22,23,24). The highest BCUT2D eigenvalue weighted by atomic mass is 79.9. The molecule has 2 aromatic heterocycles. The van der Waals surface area contributed by atoms with E-state index in [1.807, 2.05) is 31.2 Å². The van der Waals surface area contributed by atoms with Crippen LogP contribution in [-0.4, -0.2) is 15.0 Å². The molecule has 0 saturated heterocycles. The molecule has 24 heavy (non-hydrogen) atoms. The van der Waals surface area contributed by atoms with Gasteiger partial charge in [-0.3, -0.25) is 4.98 Å². The molecule has 0 atom stereocenters. The van der Waals surface area contributed by atoms with Gasteiger partial charge < -0.3 is 10.6 Å². The zero-order valence-electron chi connectivity index (χ0n) is 13.5. The Kier molecular flexibility index (Phi) is 5.05. The molecule has 0 aliphatic heterocycles. The van der Waals surface area contributed by atoms with E-state index in [0.29, 0.717) is 12.4 Å². The molecular weight excluding hydrogens is 366 g/mol. The van der Waals surface area contributed by atoms with Crippen LogP contribution in [0.1, 0.15) is 17.0 Å². The number of aryl methyl sites for hydroxylation is 2. The summed E-state index contributed by atoms with van der Waals surface area (Å²) in [6.45, 7) is 4.63. The highest BCUT2D eigenvalue weighted by Crippen LogP contribution is 2.26. The van der Waals surface area contributed by atoms with Crippen molar-refractivity contribution in [2.45, 2.75) is 20.4 Å². The second kappa shape index (κ2) is 7.40. The molecule has 0 saturated carbocycles. The number of anilines is 3. The van der Waals surface area contributed by atoms with Gasteiger partial charge in [-0.1, -0.05) is 6.07 Å². The third-order valence-corrected chi connectivity index (χ3v) is 4.10. The van der Waals surface area contributed by atoms with Crippen molar-refractivity contribution in [3.63, 3.8) is 0 Å². The molecule has 0 spiro atoms. The summed E-state index contributed by atoms with van der Waals surface area (Å²) in [7, 11) is 0. The van der Waals surface area contributed by atoms with Crippen molar-refractivity contribution in [2.24, 2.45) is 0 Å². The molecule has 3 rings (SSSR count). The van der Waals surface area contributed by atoms with Crippen molar-refractivity contribution < 1.29 is 0 Å². The second-order valence-corrected chi connectivity index (χ2v) is 6.36. The van der Waals surface area contributed by atoms with Crippen molar-refractivity contribution in [3.05, 3.63) is 70.2 Å². The lowest BCUT2D eigenvalue weighted by Crippen LogP contribution is -2.05. The van der Waals surface area contributed by atoms with Gasteiger partial charge in [-0.15, -0.1) is 0 Å². The first kappa shape index (κ1) is 16.4. The number of aromatic nitrogens is 3. The largest absolute Gasteiger partial charge is 0.366 e. The predicted molar refractivity (Wildman–Crippen MR) is 100 cm³/mol. The maximum atomic E-state index is 4.45. The van der Waals surface area contributed by atoms with Crippen LogP contribution >= 0.6 is 15.9 Å². The summed E-state index contributed by atoms with van der Waals surface area (Å²) in [5.74, 6) is 2.25. The maximum absolute atomic E-state index is 4.45. The molecule has 0 unspecified atom stereocenters. The monoisotopic (exact) mass is 383 g/mol. The molecule has 0 bridgehead atoms. The Bertz CT molecular complexity index is 836. The molecule has 2 N–H and O–H groups in total. The molecule has 0 amide bonds. The van der Waals surface area contributed by atoms with E-state index in [9.17, 15) is 0 Å². The molecule has 3 aromatic rings. The minimum Gasteiger partial charge on any atom is -0.366 e. The van der Waals surface area contributed by atoms with Gasteiger partial charge in [0.25, 0.3) is 0 Å². The van der Waals surface area contributed by atoms with Crippen LogP contribution in [0.15, 0.2) is 53.3 Å². The SMILES string of the molecule is Cc1ccc(Nc2cc(NCc3ccncc3)nc(C)n2)c(Br)c1. The minimum absolute atomic E-state index is 0.687. The molecule has 0 fully saturated rings. The maximum Gasteiger partial charge on any atom is 0.136 e. The summed E-state index contributed by atoms with van der Waals surface area (Å²) < 4.78 is 1.00. The van der Waals surface area contributed by atoms with E-state index in [1.165, 1.54) is 5.56 Å². The number of benzene rings is 1. The molecule has 6 heteroatoms. The Morgan fingerprint density at radius 2 is 1.71 bits per heavy atom. The van der Waals surface area contributed by atoms with Crippen molar-refractivity contribution in [1.29, 1.82) is 0 Å². The van der Waals surface area contributed by atoms with Gasteiger partial charge in [-0.05, 0) is 65.2 Å². The fraction of sp³-hybridized carbons (Fsp3) is 0.167. The first-order chi connectivity index (χ1) is 11.6. The van der Waals surface area contributed by atoms with Crippen LogP contribution in [-0.2, 0) is 6.54 Å². The van der Waals surface area contributed by atoms with Crippen LogP contribution in [0.25, 0.3) is 0 Å². The van der Waals surface area contributed by atoms with E-state index >= 15 is 0 Å². The first-order valence-electron chi connectivity index (χ1n) is 7.62. The average Bonchev–Trinajstić information content (AvgIpc) is 2.56. The molecule has 122 valence electrons. The summed E-state index contributed by atoms with van der Waals surface area (Å²) in [6, 6.07) is 12.0. The molecule has 1 aromatic carbocycles. The van der Waals surface area contributed by atoms with Gasteiger partial charge in [0, 0.05) is 29.5 Å². The lowest BCUT2D eigenvalue weighted by molar-refractivity contribution is 1.02. The lowest BCUT2D eigenvalue weighted by Gasteiger charge is -2.11. The van der Waals surface area contributed by atoms with Gasteiger partial charge in [-0.25, -0.2) is 9.97 Å². The highest BCUT2D eigenvalue weighted by molar-refractivity contribution is 9.10. The Balaban J connectivity index is 1.76. The molecule has 0 radical (unpaired) electrons. The van der Waals surface area contributed by atoms with Crippen molar-refractivity contribution in [3.8, 4) is 0 Å². The third kappa shape index (κ3) is 4.29. The Labute approximate surface area is 149 Å². The summed E-state index contributed by atoms with van der Waals surface area (Å²) in [4.78, 5) is 12.9. The summed E-state index contributed by atoms with van der Waals surface area (Å²) in [5.41, 5.74) is 3.32. The topological polar surface area (TPSA) is 62.7 Å². The zero-order valence-corrected chi connectivity index (χ0v) is 15.1. The fourth-order valence-electron chi connectivity index (χ4n) is 2.28. The van der Waals surface area contributed by atoms with Gasteiger partial charge in [0.15, 0.2) is 0 Å². The smallest absolute Gasteiger partial charge is 0.136 e. The van der Waals surface area contributed by atoms with E-state index in [0.717, 1.165) is 27.4 Å². The fourth-order valence-corrected chi connectivity index (χ4v) is 2.87. The van der Waals surface area contributed by atoms with Gasteiger partial charge >= 0.3 is 0 Å². The van der Waals surface area contributed by atoms with Gasteiger partial charge in [0.2, 0.25) is 0 Å². The summed E-state index contributed by atoms with van der Waals surface area (Å²) in [6.07, 6.45) is 3.56. The quantitative estimate of drug-likeness (QED) is 0.673. The number of hydrogen-bond acceptors (Lipinski definition) is 5. The van der Waals surface area contributed by atoms with Gasteiger partial charge in [-0.2, -0.15) is 0 Å².